The quantitative estimate of drug-likeness (QED) is 0.765. The lowest BCUT2D eigenvalue weighted by molar-refractivity contribution is 0.190. The van der Waals surface area contributed by atoms with Crippen molar-refractivity contribution in [2.75, 3.05) is 13.2 Å². The van der Waals surface area contributed by atoms with E-state index in [1.807, 2.05) is 48.5 Å². The second-order valence-corrected chi connectivity index (χ2v) is 6.33. The molecule has 0 aliphatic carbocycles. The third kappa shape index (κ3) is 5.70. The number of halogens is 2. The van der Waals surface area contributed by atoms with Crippen molar-refractivity contribution in [2.45, 2.75) is 12.8 Å². The molecule has 0 heterocycles. The zero-order chi connectivity index (χ0) is 15.1. The molecular weight excluding hydrogens is 352 g/mol. The van der Waals surface area contributed by atoms with E-state index in [-0.39, 0.29) is 12.5 Å². The molecule has 0 radical (unpaired) electrons. The number of ether oxygens (including phenoxy) is 1. The minimum atomic E-state index is 0.149. The summed E-state index contributed by atoms with van der Waals surface area (Å²) in [7, 11) is 0. The molecule has 2 aromatic rings. The predicted octanol–water partition coefficient (Wildman–Crippen LogP) is 4.72. The third-order valence-corrected chi connectivity index (χ3v) is 4.04. The zero-order valence-corrected chi connectivity index (χ0v) is 14.0. The van der Waals surface area contributed by atoms with Gasteiger partial charge in [0.2, 0.25) is 0 Å². The molecule has 1 atom stereocenters. The summed E-state index contributed by atoms with van der Waals surface area (Å²) in [6.07, 6.45) is 1.61. The molecule has 0 bridgehead atoms. The highest BCUT2D eigenvalue weighted by Gasteiger charge is 2.09. The monoisotopic (exact) mass is 368 g/mol. The van der Waals surface area contributed by atoms with Gasteiger partial charge >= 0.3 is 0 Å². The van der Waals surface area contributed by atoms with Crippen molar-refractivity contribution in [1.82, 2.24) is 0 Å². The van der Waals surface area contributed by atoms with Crippen molar-refractivity contribution >= 4 is 27.5 Å². The molecule has 0 aromatic heterocycles. The lowest BCUT2D eigenvalue weighted by Gasteiger charge is -2.15. The van der Waals surface area contributed by atoms with Crippen LogP contribution in [-0.2, 0) is 6.42 Å². The van der Waals surface area contributed by atoms with E-state index < -0.39 is 0 Å². The Morgan fingerprint density at radius 3 is 2.57 bits per heavy atom. The summed E-state index contributed by atoms with van der Waals surface area (Å²) < 4.78 is 6.73. The highest BCUT2D eigenvalue weighted by molar-refractivity contribution is 9.10. The van der Waals surface area contributed by atoms with E-state index in [4.69, 9.17) is 16.3 Å². The van der Waals surface area contributed by atoms with Gasteiger partial charge in [-0.2, -0.15) is 0 Å². The standard InChI is InChI=1S/C17H18BrClO2/c18-15-4-6-17(7-5-15)21-9-8-14(12-20)10-13-2-1-3-16(19)11-13/h1-7,11,14,20H,8-10,12H2. The number of hydrogen-bond acceptors (Lipinski definition) is 2. The second kappa shape index (κ2) is 8.42. The molecule has 0 aliphatic heterocycles. The first-order valence-corrected chi connectivity index (χ1v) is 8.08. The maximum absolute atomic E-state index is 9.50. The number of aliphatic hydroxyl groups excluding tert-OH is 1. The fourth-order valence-corrected chi connectivity index (χ4v) is 2.61. The smallest absolute Gasteiger partial charge is 0.119 e. The molecule has 0 saturated heterocycles. The molecule has 112 valence electrons. The van der Waals surface area contributed by atoms with Gasteiger partial charge in [-0.15, -0.1) is 0 Å². The molecule has 0 spiro atoms. The molecule has 0 amide bonds. The Morgan fingerprint density at radius 2 is 1.90 bits per heavy atom. The topological polar surface area (TPSA) is 29.5 Å². The van der Waals surface area contributed by atoms with E-state index in [2.05, 4.69) is 15.9 Å². The average Bonchev–Trinajstić information content (AvgIpc) is 2.48. The van der Waals surface area contributed by atoms with Crippen LogP contribution in [0.3, 0.4) is 0 Å². The van der Waals surface area contributed by atoms with Crippen LogP contribution in [0.4, 0.5) is 0 Å². The number of rotatable bonds is 7. The minimum absolute atomic E-state index is 0.149. The van der Waals surface area contributed by atoms with Gasteiger partial charge in [0.15, 0.2) is 0 Å². The summed E-state index contributed by atoms with van der Waals surface area (Å²) in [6.45, 7) is 0.740. The number of hydrogen-bond donors (Lipinski definition) is 1. The van der Waals surface area contributed by atoms with Crippen LogP contribution in [0.1, 0.15) is 12.0 Å². The van der Waals surface area contributed by atoms with E-state index >= 15 is 0 Å². The molecule has 21 heavy (non-hydrogen) atoms. The van der Waals surface area contributed by atoms with Crippen molar-refractivity contribution in [3.8, 4) is 5.75 Å². The van der Waals surface area contributed by atoms with Crippen LogP contribution >= 0.6 is 27.5 Å². The van der Waals surface area contributed by atoms with E-state index in [1.54, 1.807) is 0 Å². The molecule has 1 N–H and O–H groups in total. The summed E-state index contributed by atoms with van der Waals surface area (Å²) in [6, 6.07) is 15.5. The largest absolute Gasteiger partial charge is 0.494 e. The van der Waals surface area contributed by atoms with Gasteiger partial charge in [0.05, 0.1) is 6.61 Å². The number of benzene rings is 2. The van der Waals surface area contributed by atoms with Gasteiger partial charge < -0.3 is 9.84 Å². The summed E-state index contributed by atoms with van der Waals surface area (Å²) >= 11 is 9.37. The van der Waals surface area contributed by atoms with Crippen LogP contribution in [0.5, 0.6) is 5.75 Å². The van der Waals surface area contributed by atoms with Crippen LogP contribution in [0, 0.1) is 5.92 Å². The summed E-state index contributed by atoms with van der Waals surface area (Å²) in [4.78, 5) is 0. The molecule has 0 saturated carbocycles. The number of aliphatic hydroxyl groups is 1. The Balaban J connectivity index is 1.81. The summed E-state index contributed by atoms with van der Waals surface area (Å²) in [5.41, 5.74) is 1.14. The van der Waals surface area contributed by atoms with Gasteiger partial charge in [0.1, 0.15) is 5.75 Å². The predicted molar refractivity (Wildman–Crippen MR) is 90.0 cm³/mol. The fourth-order valence-electron chi connectivity index (χ4n) is 2.13. The van der Waals surface area contributed by atoms with E-state index in [0.717, 1.165) is 33.6 Å². The second-order valence-electron chi connectivity index (χ2n) is 4.97. The van der Waals surface area contributed by atoms with Gasteiger partial charge in [-0.05, 0) is 60.7 Å². The van der Waals surface area contributed by atoms with Crippen LogP contribution in [0.15, 0.2) is 53.0 Å². The fraction of sp³-hybridized carbons (Fsp3) is 0.294. The molecule has 0 aliphatic rings. The van der Waals surface area contributed by atoms with Gasteiger partial charge in [-0.1, -0.05) is 39.7 Å². The van der Waals surface area contributed by atoms with Gasteiger partial charge in [-0.3, -0.25) is 0 Å². The van der Waals surface area contributed by atoms with Crippen LogP contribution < -0.4 is 4.74 Å². The minimum Gasteiger partial charge on any atom is -0.494 e. The third-order valence-electron chi connectivity index (χ3n) is 3.28. The van der Waals surface area contributed by atoms with Crippen molar-refractivity contribution in [3.63, 3.8) is 0 Å². The van der Waals surface area contributed by atoms with Gasteiger partial charge in [0, 0.05) is 16.1 Å². The Labute approximate surface area is 138 Å². The van der Waals surface area contributed by atoms with Crippen LogP contribution in [-0.4, -0.2) is 18.3 Å². The molecular formula is C17H18BrClO2. The molecule has 2 nitrogen and oxygen atoms in total. The Kier molecular flexibility index (Phi) is 6.55. The molecule has 2 rings (SSSR count). The van der Waals surface area contributed by atoms with E-state index in [9.17, 15) is 5.11 Å². The maximum atomic E-state index is 9.50. The first-order valence-electron chi connectivity index (χ1n) is 6.91. The first-order chi connectivity index (χ1) is 10.2. The molecule has 0 fully saturated rings. The van der Waals surface area contributed by atoms with Crippen molar-refractivity contribution in [3.05, 3.63) is 63.6 Å². The molecule has 4 heteroatoms. The van der Waals surface area contributed by atoms with Crippen molar-refractivity contribution in [2.24, 2.45) is 5.92 Å². The van der Waals surface area contributed by atoms with Gasteiger partial charge in [0.25, 0.3) is 0 Å². The van der Waals surface area contributed by atoms with Crippen LogP contribution in [0.2, 0.25) is 5.02 Å². The lowest BCUT2D eigenvalue weighted by Crippen LogP contribution is -2.14. The zero-order valence-electron chi connectivity index (χ0n) is 11.6. The lowest BCUT2D eigenvalue weighted by atomic mass is 9.97. The highest BCUT2D eigenvalue weighted by Crippen LogP contribution is 2.19. The van der Waals surface area contributed by atoms with E-state index in [1.165, 1.54) is 0 Å². The summed E-state index contributed by atoms with van der Waals surface area (Å²) in [5, 5.41) is 10.2. The first kappa shape index (κ1) is 16.3. The Hall–Kier alpha value is -1.03. The van der Waals surface area contributed by atoms with Crippen LogP contribution in [0.25, 0.3) is 0 Å². The van der Waals surface area contributed by atoms with Crippen molar-refractivity contribution < 1.29 is 9.84 Å². The van der Waals surface area contributed by atoms with Crippen molar-refractivity contribution in [1.29, 1.82) is 0 Å². The Bertz CT molecular complexity index is 557. The normalized spacial score (nSPS) is 12.1. The van der Waals surface area contributed by atoms with E-state index in [0.29, 0.717) is 6.61 Å². The Morgan fingerprint density at radius 1 is 1.14 bits per heavy atom. The maximum Gasteiger partial charge on any atom is 0.119 e. The summed E-state index contributed by atoms with van der Waals surface area (Å²) in [5.74, 6) is 1.02. The molecule has 2 aromatic carbocycles. The van der Waals surface area contributed by atoms with Gasteiger partial charge in [-0.25, -0.2) is 0 Å². The average molecular weight is 370 g/mol. The SMILES string of the molecule is OCC(CCOc1ccc(Br)cc1)Cc1cccc(Cl)c1. The highest BCUT2D eigenvalue weighted by atomic mass is 79.9. The molecule has 1 unspecified atom stereocenters.